The third kappa shape index (κ3) is 6.16. The molecule has 3 heterocycles. The van der Waals surface area contributed by atoms with Crippen LogP contribution in [0.1, 0.15) is 76.5 Å². The highest BCUT2D eigenvalue weighted by atomic mass is 16.3. The minimum atomic E-state index is -0.611. The molecule has 0 aliphatic carbocycles. The van der Waals surface area contributed by atoms with Gasteiger partial charge in [0.2, 0.25) is 11.8 Å². The first kappa shape index (κ1) is 28.4. The lowest BCUT2D eigenvalue weighted by molar-refractivity contribution is -0.142. The van der Waals surface area contributed by atoms with Crippen molar-refractivity contribution in [3.05, 3.63) is 59.8 Å². The second-order valence-corrected chi connectivity index (χ2v) is 11.6. The highest BCUT2D eigenvalue weighted by molar-refractivity contribution is 5.90. The van der Waals surface area contributed by atoms with E-state index >= 15 is 0 Å². The van der Waals surface area contributed by atoms with Crippen molar-refractivity contribution in [1.82, 2.24) is 35.2 Å². The summed E-state index contributed by atoms with van der Waals surface area (Å²) in [7, 11) is 0. The van der Waals surface area contributed by atoms with Crippen LogP contribution in [0.3, 0.4) is 0 Å². The van der Waals surface area contributed by atoms with Crippen molar-refractivity contribution in [2.75, 3.05) is 13.2 Å². The normalized spacial score (nSPS) is 17.3. The van der Waals surface area contributed by atoms with Gasteiger partial charge in [0, 0.05) is 36.1 Å². The second-order valence-electron chi connectivity index (χ2n) is 11.6. The van der Waals surface area contributed by atoms with Crippen LogP contribution in [0.4, 0.5) is 0 Å². The SMILES string of the molecule is Cc1nccnc1-c1ccc(C(CO)NC(=O)[C@@H]2CCCN2C(=O)[C@H](C(C)C)n2cc(C(C)(C)C)nn2)cc1. The number of carbonyl (C=O) groups excluding carboxylic acids is 2. The second kappa shape index (κ2) is 11.6. The van der Waals surface area contributed by atoms with Gasteiger partial charge < -0.3 is 15.3 Å². The Labute approximate surface area is 229 Å². The molecule has 0 saturated carbocycles. The molecule has 2 aromatic heterocycles. The Kier molecular flexibility index (Phi) is 8.44. The molecule has 1 unspecified atom stereocenters. The maximum Gasteiger partial charge on any atom is 0.248 e. The number of nitrogens with zero attached hydrogens (tertiary/aromatic N) is 6. The quantitative estimate of drug-likeness (QED) is 0.455. The van der Waals surface area contributed by atoms with Crippen molar-refractivity contribution in [2.24, 2.45) is 5.92 Å². The lowest BCUT2D eigenvalue weighted by Crippen LogP contribution is -2.50. The number of carbonyl (C=O) groups is 2. The van der Waals surface area contributed by atoms with Gasteiger partial charge in [0.15, 0.2) is 0 Å². The van der Waals surface area contributed by atoms with Crippen LogP contribution in [0, 0.1) is 12.8 Å². The fourth-order valence-electron chi connectivity index (χ4n) is 5.00. The molecule has 39 heavy (non-hydrogen) atoms. The fourth-order valence-corrected chi connectivity index (χ4v) is 5.00. The van der Waals surface area contributed by atoms with Gasteiger partial charge in [-0.2, -0.15) is 0 Å². The molecule has 0 bridgehead atoms. The third-order valence-electron chi connectivity index (χ3n) is 7.25. The lowest BCUT2D eigenvalue weighted by atomic mass is 9.93. The number of rotatable bonds is 8. The molecular formula is C29H39N7O3. The predicted molar refractivity (Wildman–Crippen MR) is 148 cm³/mol. The van der Waals surface area contributed by atoms with Crippen LogP contribution >= 0.6 is 0 Å². The van der Waals surface area contributed by atoms with E-state index in [1.807, 2.05) is 51.2 Å². The molecule has 0 radical (unpaired) electrons. The summed E-state index contributed by atoms with van der Waals surface area (Å²) in [5, 5.41) is 21.7. The van der Waals surface area contributed by atoms with Gasteiger partial charge in [0.05, 0.1) is 29.7 Å². The van der Waals surface area contributed by atoms with Crippen molar-refractivity contribution in [1.29, 1.82) is 0 Å². The lowest BCUT2D eigenvalue weighted by Gasteiger charge is -2.30. The molecular weight excluding hydrogens is 494 g/mol. The van der Waals surface area contributed by atoms with Crippen LogP contribution < -0.4 is 5.32 Å². The van der Waals surface area contributed by atoms with Crippen molar-refractivity contribution in [2.45, 2.75) is 77.9 Å². The molecule has 1 fully saturated rings. The summed E-state index contributed by atoms with van der Waals surface area (Å²) < 4.78 is 1.64. The Balaban J connectivity index is 1.49. The molecule has 4 rings (SSSR count). The number of hydrogen-bond donors (Lipinski definition) is 2. The van der Waals surface area contributed by atoms with Crippen molar-refractivity contribution in [3.63, 3.8) is 0 Å². The van der Waals surface area contributed by atoms with Gasteiger partial charge in [0.25, 0.3) is 0 Å². The molecule has 10 heteroatoms. The van der Waals surface area contributed by atoms with E-state index < -0.39 is 18.1 Å². The molecule has 1 aliphatic heterocycles. The van der Waals surface area contributed by atoms with Gasteiger partial charge >= 0.3 is 0 Å². The topological polar surface area (TPSA) is 126 Å². The van der Waals surface area contributed by atoms with E-state index in [-0.39, 0.29) is 29.8 Å². The molecule has 10 nitrogen and oxygen atoms in total. The monoisotopic (exact) mass is 533 g/mol. The van der Waals surface area contributed by atoms with E-state index in [0.717, 1.165) is 34.6 Å². The molecule has 3 atom stereocenters. The van der Waals surface area contributed by atoms with E-state index in [1.54, 1.807) is 22.0 Å². The molecule has 1 saturated heterocycles. The molecule has 2 amide bonds. The van der Waals surface area contributed by atoms with Crippen LogP contribution in [0.15, 0.2) is 42.9 Å². The Hall–Kier alpha value is -3.66. The first-order valence-corrected chi connectivity index (χ1v) is 13.5. The van der Waals surface area contributed by atoms with E-state index in [2.05, 4.69) is 46.4 Å². The van der Waals surface area contributed by atoms with Crippen molar-refractivity contribution >= 4 is 11.8 Å². The summed E-state index contributed by atoms with van der Waals surface area (Å²) in [5.74, 6) is -0.458. The first-order chi connectivity index (χ1) is 18.5. The maximum absolute atomic E-state index is 13.8. The highest BCUT2D eigenvalue weighted by Crippen LogP contribution is 2.29. The van der Waals surface area contributed by atoms with E-state index in [0.29, 0.717) is 13.0 Å². The zero-order valence-corrected chi connectivity index (χ0v) is 23.6. The zero-order chi connectivity index (χ0) is 28.3. The van der Waals surface area contributed by atoms with Crippen molar-refractivity contribution in [3.8, 4) is 11.3 Å². The number of hydrogen-bond acceptors (Lipinski definition) is 7. The number of aromatic nitrogens is 5. The van der Waals surface area contributed by atoms with Gasteiger partial charge in [-0.05, 0) is 31.2 Å². The summed E-state index contributed by atoms with van der Waals surface area (Å²) in [6, 6.07) is 5.78. The highest BCUT2D eigenvalue weighted by Gasteiger charge is 2.40. The molecule has 1 aromatic carbocycles. The van der Waals surface area contributed by atoms with Crippen LogP contribution in [0.25, 0.3) is 11.3 Å². The molecule has 2 N–H and O–H groups in total. The molecule has 1 aliphatic rings. The van der Waals surface area contributed by atoms with Gasteiger partial charge in [-0.3, -0.25) is 19.6 Å². The standard InChI is InChI=1S/C29H39N7O3/c1-18(2)26(36-16-24(33-34-36)29(4,5)6)28(39)35-15-7-8-23(35)27(38)32-22(17-37)20-9-11-21(12-10-20)25-19(3)30-13-14-31-25/h9-14,16,18,22-23,26,37H,7-8,15,17H2,1-6H3,(H,32,38)/t22?,23-,26-/m0/s1. The predicted octanol–water partition coefficient (Wildman–Crippen LogP) is 3.38. The van der Waals surface area contributed by atoms with Crippen LogP contribution in [0.5, 0.6) is 0 Å². The molecule has 3 aromatic rings. The Morgan fingerprint density at radius 1 is 1.13 bits per heavy atom. The summed E-state index contributed by atoms with van der Waals surface area (Å²) in [6.45, 7) is 12.2. The number of aryl methyl sites for hydroxylation is 1. The van der Waals surface area contributed by atoms with E-state index in [1.165, 1.54) is 0 Å². The summed E-state index contributed by atoms with van der Waals surface area (Å²) in [6.07, 6.45) is 6.44. The fraction of sp³-hybridized carbons (Fsp3) is 0.517. The van der Waals surface area contributed by atoms with Gasteiger partial charge in [0.1, 0.15) is 12.1 Å². The van der Waals surface area contributed by atoms with E-state index in [9.17, 15) is 14.7 Å². The largest absolute Gasteiger partial charge is 0.394 e. The Morgan fingerprint density at radius 2 is 1.82 bits per heavy atom. The smallest absolute Gasteiger partial charge is 0.248 e. The number of likely N-dealkylation sites (tertiary alicyclic amines) is 1. The molecule has 0 spiro atoms. The minimum Gasteiger partial charge on any atom is -0.394 e. The van der Waals surface area contributed by atoms with Gasteiger partial charge in [-0.1, -0.05) is 64.1 Å². The van der Waals surface area contributed by atoms with Crippen molar-refractivity contribution < 1.29 is 14.7 Å². The maximum atomic E-state index is 13.8. The average molecular weight is 534 g/mol. The number of aliphatic hydroxyl groups excluding tert-OH is 1. The van der Waals surface area contributed by atoms with Gasteiger partial charge in [-0.15, -0.1) is 5.10 Å². The Morgan fingerprint density at radius 3 is 2.41 bits per heavy atom. The minimum absolute atomic E-state index is 0.0435. The van der Waals surface area contributed by atoms with E-state index in [4.69, 9.17) is 0 Å². The van der Waals surface area contributed by atoms with Gasteiger partial charge in [-0.25, -0.2) is 4.68 Å². The average Bonchev–Trinajstić information content (AvgIpc) is 3.58. The number of benzene rings is 1. The number of nitrogens with one attached hydrogen (secondary N) is 1. The third-order valence-corrected chi connectivity index (χ3v) is 7.25. The van der Waals surface area contributed by atoms with Crippen LogP contribution in [-0.2, 0) is 15.0 Å². The summed E-state index contributed by atoms with van der Waals surface area (Å²) in [5.41, 5.74) is 3.90. The Bertz CT molecular complexity index is 1300. The number of amides is 2. The zero-order valence-electron chi connectivity index (χ0n) is 23.6. The van der Waals surface area contributed by atoms with Crippen LogP contribution in [-0.4, -0.2) is 66.0 Å². The number of aliphatic hydroxyl groups is 1. The molecule has 208 valence electrons. The summed E-state index contributed by atoms with van der Waals surface area (Å²) >= 11 is 0. The van der Waals surface area contributed by atoms with Crippen LogP contribution in [0.2, 0.25) is 0 Å². The summed E-state index contributed by atoms with van der Waals surface area (Å²) in [4.78, 5) is 37.6. The first-order valence-electron chi connectivity index (χ1n) is 13.5.